The van der Waals surface area contributed by atoms with E-state index in [1.54, 1.807) is 0 Å². The fraction of sp³-hybridized carbons (Fsp3) is 0.222. The van der Waals surface area contributed by atoms with Gasteiger partial charge in [-0.3, -0.25) is 0 Å². The number of benzene rings is 1. The molecule has 1 aromatic carbocycles. The van der Waals surface area contributed by atoms with Crippen molar-refractivity contribution < 1.29 is 4.74 Å². The van der Waals surface area contributed by atoms with E-state index in [9.17, 15) is 0 Å². The Balaban J connectivity index is 2.59. The van der Waals surface area contributed by atoms with Gasteiger partial charge in [-0.25, -0.2) is 0 Å². The minimum atomic E-state index is 0.636. The summed E-state index contributed by atoms with van der Waals surface area (Å²) in [4.78, 5) is 0. The van der Waals surface area contributed by atoms with Crippen molar-refractivity contribution in [3.63, 3.8) is 0 Å². The third-order valence-corrected chi connectivity index (χ3v) is 2.58. The van der Waals surface area contributed by atoms with E-state index < -0.39 is 0 Å². The molecule has 0 aromatic heterocycles. The van der Waals surface area contributed by atoms with Gasteiger partial charge in [-0.15, -0.1) is 0 Å². The second-order valence-corrected chi connectivity index (χ2v) is 3.56. The van der Waals surface area contributed by atoms with E-state index >= 15 is 0 Å². The van der Waals surface area contributed by atoms with Gasteiger partial charge in [0.05, 0.1) is 18.8 Å². The Morgan fingerprint density at radius 1 is 1.33 bits per heavy atom. The van der Waals surface area contributed by atoms with Crippen molar-refractivity contribution in [2.24, 2.45) is 0 Å². The number of nitriles is 1. The highest BCUT2D eigenvalue weighted by Crippen LogP contribution is 2.26. The predicted octanol–water partition coefficient (Wildman–Crippen LogP) is 2.35. The molecule has 1 aliphatic heterocycles. The van der Waals surface area contributed by atoms with Gasteiger partial charge in [-0.2, -0.15) is 5.26 Å². The molecule has 12 heavy (non-hydrogen) atoms. The summed E-state index contributed by atoms with van der Waals surface area (Å²) in [7, 11) is 0. The molecule has 0 atom stereocenters. The number of fused-ring (bicyclic) bond motifs is 1. The van der Waals surface area contributed by atoms with Gasteiger partial charge >= 0.3 is 0 Å². The highest BCUT2D eigenvalue weighted by Gasteiger charge is 2.13. The van der Waals surface area contributed by atoms with Gasteiger partial charge in [0.2, 0.25) is 0 Å². The average molecular weight is 224 g/mol. The minimum absolute atomic E-state index is 0.636. The molecule has 0 fully saturated rings. The summed E-state index contributed by atoms with van der Waals surface area (Å²) in [5.41, 5.74) is 3.00. The van der Waals surface area contributed by atoms with E-state index in [4.69, 9.17) is 10.00 Å². The van der Waals surface area contributed by atoms with Crippen LogP contribution in [0.1, 0.15) is 16.7 Å². The molecule has 0 radical (unpaired) electrons. The predicted molar refractivity (Wildman–Crippen MR) is 47.4 cm³/mol. The number of halogens is 1. The van der Waals surface area contributed by atoms with E-state index in [1.165, 1.54) is 5.56 Å². The van der Waals surface area contributed by atoms with Gasteiger partial charge < -0.3 is 4.74 Å². The molecule has 0 N–H and O–H groups in total. The van der Waals surface area contributed by atoms with Crippen LogP contribution in [0, 0.1) is 11.3 Å². The Hall–Kier alpha value is -0.850. The molecule has 0 unspecified atom stereocenters. The summed E-state index contributed by atoms with van der Waals surface area (Å²) in [6.07, 6.45) is 0. The number of ether oxygens (including phenoxy) is 1. The lowest BCUT2D eigenvalue weighted by Gasteiger charge is -1.99. The van der Waals surface area contributed by atoms with Crippen LogP contribution in [0.4, 0.5) is 0 Å². The van der Waals surface area contributed by atoms with Crippen molar-refractivity contribution in [1.82, 2.24) is 0 Å². The highest BCUT2D eigenvalue weighted by atomic mass is 79.9. The lowest BCUT2D eigenvalue weighted by atomic mass is 10.1. The minimum Gasteiger partial charge on any atom is -0.372 e. The summed E-state index contributed by atoms with van der Waals surface area (Å²) < 4.78 is 6.09. The van der Waals surface area contributed by atoms with Crippen LogP contribution in [-0.4, -0.2) is 0 Å². The topological polar surface area (TPSA) is 33.0 Å². The molecule has 2 nitrogen and oxygen atoms in total. The van der Waals surface area contributed by atoms with Gasteiger partial charge in [0.25, 0.3) is 0 Å². The number of nitrogens with zero attached hydrogens (tertiary/aromatic N) is 1. The number of hydrogen-bond acceptors (Lipinski definition) is 2. The first-order chi connectivity index (χ1) is 5.81. The molecule has 1 heterocycles. The smallest absolute Gasteiger partial charge is 0.100 e. The maximum Gasteiger partial charge on any atom is 0.100 e. The van der Waals surface area contributed by atoms with Crippen molar-refractivity contribution in [1.29, 1.82) is 5.26 Å². The monoisotopic (exact) mass is 223 g/mol. The Kier molecular flexibility index (Phi) is 1.87. The van der Waals surface area contributed by atoms with Crippen molar-refractivity contribution in [2.45, 2.75) is 13.2 Å². The molecule has 1 aliphatic rings. The zero-order valence-corrected chi connectivity index (χ0v) is 7.89. The fourth-order valence-electron chi connectivity index (χ4n) is 1.28. The fourth-order valence-corrected chi connectivity index (χ4v) is 1.76. The summed E-state index contributed by atoms with van der Waals surface area (Å²) >= 11 is 3.33. The van der Waals surface area contributed by atoms with Crippen molar-refractivity contribution in [3.05, 3.63) is 33.3 Å². The van der Waals surface area contributed by atoms with E-state index in [1.807, 2.05) is 12.1 Å². The Bertz CT molecular complexity index is 367. The quantitative estimate of drug-likeness (QED) is 0.677. The van der Waals surface area contributed by atoms with Crippen LogP contribution < -0.4 is 0 Å². The summed E-state index contributed by atoms with van der Waals surface area (Å²) in [5.74, 6) is 0. The zero-order valence-electron chi connectivity index (χ0n) is 6.30. The largest absolute Gasteiger partial charge is 0.372 e. The molecule has 0 saturated heterocycles. The van der Waals surface area contributed by atoms with Gasteiger partial charge in [-0.1, -0.05) is 0 Å². The summed E-state index contributed by atoms with van der Waals surface area (Å²) in [6.45, 7) is 1.30. The normalized spacial score (nSPS) is 14.0. The van der Waals surface area contributed by atoms with Crippen LogP contribution in [0.3, 0.4) is 0 Å². The lowest BCUT2D eigenvalue weighted by molar-refractivity contribution is 0.134. The van der Waals surface area contributed by atoms with E-state index in [0.717, 1.165) is 10.0 Å². The van der Waals surface area contributed by atoms with Crippen LogP contribution in [-0.2, 0) is 18.0 Å². The van der Waals surface area contributed by atoms with Gasteiger partial charge in [0, 0.05) is 4.47 Å². The zero-order chi connectivity index (χ0) is 8.55. The van der Waals surface area contributed by atoms with Crippen LogP contribution in [0.25, 0.3) is 0 Å². The third kappa shape index (κ3) is 1.13. The second kappa shape index (κ2) is 2.89. The van der Waals surface area contributed by atoms with Crippen LogP contribution in [0.2, 0.25) is 0 Å². The van der Waals surface area contributed by atoms with Gasteiger partial charge in [0.15, 0.2) is 0 Å². The van der Waals surface area contributed by atoms with Crippen LogP contribution >= 0.6 is 15.9 Å². The molecule has 3 heteroatoms. The van der Waals surface area contributed by atoms with E-state index in [-0.39, 0.29) is 0 Å². The van der Waals surface area contributed by atoms with Crippen molar-refractivity contribution >= 4 is 15.9 Å². The van der Waals surface area contributed by atoms with Crippen LogP contribution in [0.15, 0.2) is 16.6 Å². The molecule has 0 bridgehead atoms. The molecule has 60 valence electrons. The Morgan fingerprint density at radius 3 is 2.67 bits per heavy atom. The Labute approximate surface area is 78.9 Å². The maximum atomic E-state index is 8.73. The first kappa shape index (κ1) is 7.78. The SMILES string of the molecule is N#Cc1cc2c(cc1Br)COC2. The van der Waals surface area contributed by atoms with Crippen molar-refractivity contribution in [2.75, 3.05) is 0 Å². The lowest BCUT2D eigenvalue weighted by Crippen LogP contribution is -1.85. The standard InChI is InChI=1S/C9H6BrNO/c10-9-2-8-5-12-4-7(8)1-6(9)3-11/h1-2H,4-5H2. The number of rotatable bonds is 0. The molecule has 0 saturated carbocycles. The Morgan fingerprint density at radius 2 is 2.00 bits per heavy atom. The second-order valence-electron chi connectivity index (χ2n) is 2.71. The first-order valence-corrected chi connectivity index (χ1v) is 4.39. The molecular weight excluding hydrogens is 218 g/mol. The molecule has 1 aromatic rings. The molecule has 0 spiro atoms. The summed E-state index contributed by atoms with van der Waals surface area (Å²) in [5, 5.41) is 8.73. The van der Waals surface area contributed by atoms with Crippen molar-refractivity contribution in [3.8, 4) is 6.07 Å². The molecular formula is C9H6BrNO. The van der Waals surface area contributed by atoms with E-state index in [2.05, 4.69) is 22.0 Å². The number of hydrogen-bond donors (Lipinski definition) is 0. The highest BCUT2D eigenvalue weighted by molar-refractivity contribution is 9.10. The van der Waals surface area contributed by atoms with E-state index in [0.29, 0.717) is 18.8 Å². The average Bonchev–Trinajstić information content (AvgIpc) is 2.49. The first-order valence-electron chi connectivity index (χ1n) is 3.60. The molecule has 0 amide bonds. The molecule has 2 rings (SSSR count). The maximum absolute atomic E-state index is 8.73. The van der Waals surface area contributed by atoms with Gasteiger partial charge in [-0.05, 0) is 39.2 Å². The van der Waals surface area contributed by atoms with Gasteiger partial charge in [0.1, 0.15) is 6.07 Å². The molecule has 0 aliphatic carbocycles. The third-order valence-electron chi connectivity index (χ3n) is 1.92. The van der Waals surface area contributed by atoms with Crippen LogP contribution in [0.5, 0.6) is 0 Å². The summed E-state index contributed by atoms with van der Waals surface area (Å²) in [6, 6.07) is 5.96.